The molecule has 0 spiro atoms. The molecular formula is C20H23NO3. The molecule has 24 heavy (non-hydrogen) atoms. The first-order valence-electron chi connectivity index (χ1n) is 8.31. The maximum Gasteiger partial charge on any atom is 0.253 e. The summed E-state index contributed by atoms with van der Waals surface area (Å²) in [7, 11) is 1.62. The second-order valence-corrected chi connectivity index (χ2v) is 6.14. The maximum absolute atomic E-state index is 12.5. The van der Waals surface area contributed by atoms with Crippen molar-refractivity contribution in [2.75, 3.05) is 26.8 Å². The summed E-state index contributed by atoms with van der Waals surface area (Å²) in [6.07, 6.45) is 0.997. The third-order valence-corrected chi connectivity index (χ3v) is 4.38. The molecule has 0 bridgehead atoms. The Balaban J connectivity index is 1.46. The second kappa shape index (κ2) is 7.97. The predicted molar refractivity (Wildman–Crippen MR) is 93.1 cm³/mol. The first kappa shape index (κ1) is 16.5. The third kappa shape index (κ3) is 4.15. The van der Waals surface area contributed by atoms with E-state index in [0.717, 1.165) is 25.3 Å². The van der Waals surface area contributed by atoms with Gasteiger partial charge in [-0.2, -0.15) is 0 Å². The quantitative estimate of drug-likeness (QED) is 0.817. The first-order chi connectivity index (χ1) is 11.8. The topological polar surface area (TPSA) is 38.8 Å². The Morgan fingerprint density at radius 1 is 1.12 bits per heavy atom. The zero-order chi connectivity index (χ0) is 16.8. The Morgan fingerprint density at radius 3 is 2.58 bits per heavy atom. The maximum atomic E-state index is 12.5. The minimum atomic E-state index is 0.0863. The molecule has 1 amide bonds. The van der Waals surface area contributed by atoms with Gasteiger partial charge in [0.1, 0.15) is 5.75 Å². The van der Waals surface area contributed by atoms with Crippen LogP contribution in [0.15, 0.2) is 54.6 Å². The van der Waals surface area contributed by atoms with Crippen LogP contribution >= 0.6 is 0 Å². The molecule has 0 radical (unpaired) electrons. The molecule has 0 N–H and O–H groups in total. The van der Waals surface area contributed by atoms with Crippen molar-refractivity contribution in [2.24, 2.45) is 5.92 Å². The van der Waals surface area contributed by atoms with Crippen molar-refractivity contribution >= 4 is 5.91 Å². The molecular weight excluding hydrogens is 302 g/mol. The summed E-state index contributed by atoms with van der Waals surface area (Å²) in [5.41, 5.74) is 1.89. The molecule has 0 unspecified atom stereocenters. The second-order valence-electron chi connectivity index (χ2n) is 6.14. The number of hydrogen-bond donors (Lipinski definition) is 0. The monoisotopic (exact) mass is 325 g/mol. The van der Waals surface area contributed by atoms with E-state index in [1.54, 1.807) is 7.11 Å². The van der Waals surface area contributed by atoms with Crippen LogP contribution in [-0.2, 0) is 11.3 Å². The van der Waals surface area contributed by atoms with Crippen molar-refractivity contribution in [3.63, 3.8) is 0 Å². The molecule has 1 aliphatic heterocycles. The molecule has 4 heteroatoms. The van der Waals surface area contributed by atoms with Gasteiger partial charge in [-0.25, -0.2) is 0 Å². The van der Waals surface area contributed by atoms with E-state index < -0.39 is 0 Å². The zero-order valence-corrected chi connectivity index (χ0v) is 14.0. The Morgan fingerprint density at radius 2 is 1.88 bits per heavy atom. The standard InChI is InChI=1S/C20H23NO3/c1-23-19-9-7-18(8-10-19)20(22)21-12-11-17(13-21)15-24-14-16-5-3-2-4-6-16/h2-10,17H,11-15H2,1H3/t17-/m0/s1. The Hall–Kier alpha value is -2.33. The molecule has 1 aliphatic rings. The highest BCUT2D eigenvalue weighted by molar-refractivity contribution is 5.94. The lowest BCUT2D eigenvalue weighted by atomic mass is 10.1. The smallest absolute Gasteiger partial charge is 0.253 e. The Bertz CT molecular complexity index is 654. The molecule has 1 fully saturated rings. The largest absolute Gasteiger partial charge is 0.497 e. The van der Waals surface area contributed by atoms with E-state index >= 15 is 0 Å². The summed E-state index contributed by atoms with van der Waals surface area (Å²) < 4.78 is 10.9. The van der Waals surface area contributed by atoms with Crippen molar-refractivity contribution < 1.29 is 14.3 Å². The fraction of sp³-hybridized carbons (Fsp3) is 0.350. The van der Waals surface area contributed by atoms with E-state index in [1.807, 2.05) is 47.4 Å². The van der Waals surface area contributed by atoms with Crippen molar-refractivity contribution in [2.45, 2.75) is 13.0 Å². The van der Waals surface area contributed by atoms with Gasteiger partial charge in [0, 0.05) is 24.6 Å². The summed E-state index contributed by atoms with van der Waals surface area (Å²) in [6.45, 7) is 2.88. The Kier molecular flexibility index (Phi) is 5.49. The molecule has 126 valence electrons. The third-order valence-electron chi connectivity index (χ3n) is 4.38. The van der Waals surface area contributed by atoms with Crippen molar-refractivity contribution in [3.8, 4) is 5.75 Å². The number of ether oxygens (including phenoxy) is 2. The van der Waals surface area contributed by atoms with Gasteiger partial charge >= 0.3 is 0 Å². The molecule has 1 atom stereocenters. The lowest BCUT2D eigenvalue weighted by Gasteiger charge is -2.17. The van der Waals surface area contributed by atoms with Crippen molar-refractivity contribution in [1.29, 1.82) is 0 Å². The van der Waals surface area contributed by atoms with Crippen LogP contribution in [0.4, 0.5) is 0 Å². The van der Waals surface area contributed by atoms with E-state index in [4.69, 9.17) is 9.47 Å². The summed E-state index contributed by atoms with van der Waals surface area (Å²) in [6, 6.07) is 17.5. The molecule has 2 aromatic rings. The fourth-order valence-corrected chi connectivity index (χ4v) is 2.99. The van der Waals surface area contributed by atoms with Crippen LogP contribution in [0, 0.1) is 5.92 Å². The first-order valence-corrected chi connectivity index (χ1v) is 8.31. The highest BCUT2D eigenvalue weighted by Gasteiger charge is 2.27. The number of rotatable bonds is 6. The van der Waals surface area contributed by atoms with Gasteiger partial charge in [-0.05, 0) is 36.2 Å². The molecule has 1 saturated heterocycles. The SMILES string of the molecule is COc1ccc(C(=O)N2CC[C@H](COCc3ccccc3)C2)cc1. The van der Waals surface area contributed by atoms with Crippen molar-refractivity contribution in [3.05, 3.63) is 65.7 Å². The molecule has 3 rings (SSSR count). The van der Waals surface area contributed by atoms with Crippen molar-refractivity contribution in [1.82, 2.24) is 4.90 Å². The van der Waals surface area contributed by atoms with Crippen LogP contribution in [-0.4, -0.2) is 37.6 Å². The lowest BCUT2D eigenvalue weighted by Crippen LogP contribution is -2.29. The van der Waals surface area contributed by atoms with Crippen LogP contribution in [0.2, 0.25) is 0 Å². The number of likely N-dealkylation sites (tertiary alicyclic amines) is 1. The molecule has 0 aliphatic carbocycles. The van der Waals surface area contributed by atoms with Gasteiger partial charge in [0.15, 0.2) is 0 Å². The van der Waals surface area contributed by atoms with Gasteiger partial charge in [0.2, 0.25) is 0 Å². The number of carbonyl (C=O) groups is 1. The number of carbonyl (C=O) groups excluding carboxylic acids is 1. The van der Waals surface area contributed by atoms with Crippen LogP contribution < -0.4 is 4.74 Å². The number of amides is 1. The van der Waals surface area contributed by atoms with Crippen LogP contribution in [0.25, 0.3) is 0 Å². The van der Waals surface area contributed by atoms with Gasteiger partial charge in [-0.1, -0.05) is 30.3 Å². The molecule has 1 heterocycles. The van der Waals surface area contributed by atoms with Gasteiger partial charge in [0.05, 0.1) is 20.3 Å². The number of methoxy groups -OCH3 is 1. The molecule has 4 nitrogen and oxygen atoms in total. The van der Waals surface area contributed by atoms with Crippen LogP contribution in [0.3, 0.4) is 0 Å². The number of hydrogen-bond acceptors (Lipinski definition) is 3. The average Bonchev–Trinajstić information content (AvgIpc) is 3.11. The Labute approximate surface area is 143 Å². The van der Waals surface area contributed by atoms with E-state index in [0.29, 0.717) is 24.7 Å². The minimum absolute atomic E-state index is 0.0863. The molecule has 0 aromatic heterocycles. The summed E-state index contributed by atoms with van der Waals surface area (Å²) in [4.78, 5) is 14.4. The van der Waals surface area contributed by atoms with Crippen LogP contribution in [0.5, 0.6) is 5.75 Å². The fourth-order valence-electron chi connectivity index (χ4n) is 2.99. The average molecular weight is 325 g/mol. The van der Waals surface area contributed by atoms with Crippen LogP contribution in [0.1, 0.15) is 22.3 Å². The number of nitrogens with zero attached hydrogens (tertiary/aromatic N) is 1. The van der Waals surface area contributed by atoms with E-state index in [2.05, 4.69) is 12.1 Å². The highest BCUT2D eigenvalue weighted by atomic mass is 16.5. The van der Waals surface area contributed by atoms with Gasteiger partial charge in [0.25, 0.3) is 5.91 Å². The zero-order valence-electron chi connectivity index (χ0n) is 14.0. The predicted octanol–water partition coefficient (Wildman–Crippen LogP) is 3.37. The van der Waals surface area contributed by atoms with E-state index in [-0.39, 0.29) is 5.91 Å². The normalized spacial score (nSPS) is 17.0. The molecule has 2 aromatic carbocycles. The lowest BCUT2D eigenvalue weighted by molar-refractivity contribution is 0.0733. The van der Waals surface area contributed by atoms with E-state index in [1.165, 1.54) is 5.56 Å². The summed E-state index contributed by atoms with van der Waals surface area (Å²) >= 11 is 0. The minimum Gasteiger partial charge on any atom is -0.497 e. The highest BCUT2D eigenvalue weighted by Crippen LogP contribution is 2.20. The van der Waals surface area contributed by atoms with Gasteiger partial charge in [-0.15, -0.1) is 0 Å². The van der Waals surface area contributed by atoms with Gasteiger partial charge < -0.3 is 14.4 Å². The van der Waals surface area contributed by atoms with Gasteiger partial charge in [-0.3, -0.25) is 4.79 Å². The van der Waals surface area contributed by atoms with E-state index in [9.17, 15) is 4.79 Å². The summed E-state index contributed by atoms with van der Waals surface area (Å²) in [5, 5.41) is 0. The molecule has 0 saturated carbocycles. The summed E-state index contributed by atoms with van der Waals surface area (Å²) in [5.74, 6) is 1.26. The number of benzene rings is 2.